The van der Waals surface area contributed by atoms with Crippen molar-refractivity contribution in [2.24, 2.45) is 5.92 Å². The van der Waals surface area contributed by atoms with E-state index in [9.17, 15) is 14.4 Å². The molecule has 2 saturated heterocycles. The number of nitrogens with one attached hydrogen (secondary N) is 2. The zero-order chi connectivity index (χ0) is 22.7. The Balaban J connectivity index is 1.19. The first kappa shape index (κ1) is 22.6. The number of rotatable bonds is 5. The van der Waals surface area contributed by atoms with E-state index in [4.69, 9.17) is 4.74 Å². The average Bonchev–Trinajstić information content (AvgIpc) is 3.62. The number of piperidine rings is 1. The Morgan fingerprint density at radius 3 is 2.16 bits per heavy atom. The molecule has 0 spiro atoms. The van der Waals surface area contributed by atoms with Crippen LogP contribution in [0.5, 0.6) is 0 Å². The summed E-state index contributed by atoms with van der Waals surface area (Å²) in [7, 11) is 0. The number of amides is 4. The highest BCUT2D eigenvalue weighted by molar-refractivity contribution is 5.94. The Morgan fingerprint density at radius 1 is 0.938 bits per heavy atom. The summed E-state index contributed by atoms with van der Waals surface area (Å²) in [6.07, 6.45) is 3.72. The molecule has 3 aliphatic rings. The quantitative estimate of drug-likeness (QED) is 0.731. The van der Waals surface area contributed by atoms with Crippen LogP contribution in [-0.4, -0.2) is 72.1 Å². The maximum Gasteiger partial charge on any atom is 0.315 e. The van der Waals surface area contributed by atoms with Crippen LogP contribution in [0.3, 0.4) is 0 Å². The molecule has 4 amide bonds. The molecule has 3 fully saturated rings. The molecule has 0 aromatic heterocycles. The van der Waals surface area contributed by atoms with Crippen LogP contribution >= 0.6 is 0 Å². The van der Waals surface area contributed by atoms with Gasteiger partial charge in [0, 0.05) is 50.2 Å². The van der Waals surface area contributed by atoms with Crippen LogP contribution in [-0.2, 0) is 16.1 Å². The van der Waals surface area contributed by atoms with Crippen molar-refractivity contribution in [1.29, 1.82) is 0 Å². The van der Waals surface area contributed by atoms with Crippen molar-refractivity contribution in [3.05, 3.63) is 35.4 Å². The van der Waals surface area contributed by atoms with Crippen LogP contribution in [0.25, 0.3) is 0 Å². The molecule has 4 rings (SSSR count). The first-order valence-corrected chi connectivity index (χ1v) is 11.8. The van der Waals surface area contributed by atoms with E-state index in [1.54, 1.807) is 0 Å². The number of hydrogen-bond acceptors (Lipinski definition) is 4. The fourth-order valence-corrected chi connectivity index (χ4v) is 4.54. The van der Waals surface area contributed by atoms with Crippen LogP contribution in [0.1, 0.15) is 55.5 Å². The second-order valence-electron chi connectivity index (χ2n) is 9.37. The van der Waals surface area contributed by atoms with E-state index in [1.807, 2.05) is 47.9 Å². The second kappa shape index (κ2) is 9.90. The highest BCUT2D eigenvalue weighted by atomic mass is 16.5. The zero-order valence-corrected chi connectivity index (χ0v) is 19.0. The summed E-state index contributed by atoms with van der Waals surface area (Å²) in [6.45, 7) is 6.98. The van der Waals surface area contributed by atoms with Gasteiger partial charge in [-0.2, -0.15) is 0 Å². The van der Waals surface area contributed by atoms with Gasteiger partial charge in [-0.25, -0.2) is 4.79 Å². The fourth-order valence-electron chi connectivity index (χ4n) is 4.54. The van der Waals surface area contributed by atoms with Gasteiger partial charge >= 0.3 is 6.03 Å². The predicted molar refractivity (Wildman–Crippen MR) is 120 cm³/mol. The number of carbonyl (C=O) groups excluding carboxylic acids is 3. The molecule has 174 valence electrons. The lowest BCUT2D eigenvalue weighted by atomic mass is 10.0. The van der Waals surface area contributed by atoms with Crippen molar-refractivity contribution in [2.45, 2.75) is 64.3 Å². The first-order chi connectivity index (χ1) is 15.4. The van der Waals surface area contributed by atoms with Gasteiger partial charge in [0.05, 0.1) is 12.2 Å². The smallest absolute Gasteiger partial charge is 0.315 e. The van der Waals surface area contributed by atoms with Crippen molar-refractivity contribution < 1.29 is 19.1 Å². The van der Waals surface area contributed by atoms with Crippen molar-refractivity contribution in [3.63, 3.8) is 0 Å². The van der Waals surface area contributed by atoms with E-state index in [1.165, 1.54) is 0 Å². The normalized spacial score (nSPS) is 24.2. The Bertz CT molecular complexity index is 821. The molecule has 2 N–H and O–H groups in total. The van der Waals surface area contributed by atoms with Gasteiger partial charge in [-0.15, -0.1) is 0 Å². The van der Waals surface area contributed by atoms with Crippen molar-refractivity contribution in [3.8, 4) is 0 Å². The van der Waals surface area contributed by atoms with E-state index in [0.717, 1.165) is 44.3 Å². The number of ether oxygens (including phenoxy) is 1. The molecule has 1 aromatic rings. The molecule has 1 aliphatic carbocycles. The summed E-state index contributed by atoms with van der Waals surface area (Å²) in [5.41, 5.74) is 1.58. The summed E-state index contributed by atoms with van der Waals surface area (Å²) in [4.78, 5) is 41.0. The highest BCUT2D eigenvalue weighted by Gasteiger charge is 2.35. The lowest BCUT2D eigenvalue weighted by Crippen LogP contribution is -2.49. The third-order valence-electron chi connectivity index (χ3n) is 6.43. The fraction of sp³-hybridized carbons (Fsp3) is 0.625. The minimum atomic E-state index is -0.201. The molecule has 2 atom stereocenters. The molecular weight excluding hydrogens is 408 g/mol. The standard InChI is InChI=1S/C24H34N4O4/c1-16-14-28(15-17(2)32-16)23(30)19-5-3-18(4-6-19)13-25-24(31)26-21-9-11-27(12-10-21)22(29)20-7-8-20/h3-6,16-17,20-21H,7-15H2,1-2H3,(H2,25,26,31). The van der Waals surface area contributed by atoms with Gasteiger partial charge in [-0.1, -0.05) is 12.1 Å². The van der Waals surface area contributed by atoms with Gasteiger partial charge in [0.15, 0.2) is 0 Å². The third-order valence-corrected chi connectivity index (χ3v) is 6.43. The predicted octanol–water partition coefficient (Wildman–Crippen LogP) is 2.14. The molecule has 2 aliphatic heterocycles. The number of hydrogen-bond donors (Lipinski definition) is 2. The molecule has 8 heteroatoms. The molecule has 32 heavy (non-hydrogen) atoms. The lowest BCUT2D eigenvalue weighted by Gasteiger charge is -2.35. The summed E-state index contributed by atoms with van der Waals surface area (Å²) in [5.74, 6) is 0.550. The Labute approximate surface area is 189 Å². The van der Waals surface area contributed by atoms with Gasteiger partial charge in [-0.05, 0) is 57.2 Å². The molecule has 0 radical (unpaired) electrons. The Morgan fingerprint density at radius 2 is 1.56 bits per heavy atom. The topological polar surface area (TPSA) is 91.0 Å². The number of urea groups is 1. The molecule has 2 unspecified atom stereocenters. The van der Waals surface area contributed by atoms with Crippen LogP contribution in [0, 0.1) is 5.92 Å². The highest BCUT2D eigenvalue weighted by Crippen LogP contribution is 2.31. The molecule has 1 saturated carbocycles. The second-order valence-corrected chi connectivity index (χ2v) is 9.37. The first-order valence-electron chi connectivity index (χ1n) is 11.8. The Kier molecular flexibility index (Phi) is 6.98. The summed E-state index contributed by atoms with van der Waals surface area (Å²) < 4.78 is 5.70. The van der Waals surface area contributed by atoms with E-state index in [0.29, 0.717) is 25.2 Å². The summed E-state index contributed by atoms with van der Waals surface area (Å²) in [5, 5.41) is 5.90. The largest absolute Gasteiger partial charge is 0.372 e. The van der Waals surface area contributed by atoms with Gasteiger partial charge < -0.3 is 25.2 Å². The summed E-state index contributed by atoms with van der Waals surface area (Å²) in [6, 6.07) is 7.28. The molecule has 2 heterocycles. The SMILES string of the molecule is CC1CN(C(=O)c2ccc(CNC(=O)NC3CCN(C(=O)C4CC4)CC3)cc2)CC(C)O1. The van der Waals surface area contributed by atoms with Crippen LogP contribution in [0.15, 0.2) is 24.3 Å². The van der Waals surface area contributed by atoms with Gasteiger partial charge in [0.2, 0.25) is 5.91 Å². The van der Waals surface area contributed by atoms with Crippen molar-refractivity contribution in [2.75, 3.05) is 26.2 Å². The minimum Gasteiger partial charge on any atom is -0.372 e. The molecular formula is C24H34N4O4. The van der Waals surface area contributed by atoms with Crippen molar-refractivity contribution in [1.82, 2.24) is 20.4 Å². The average molecular weight is 443 g/mol. The third kappa shape index (κ3) is 5.79. The van der Waals surface area contributed by atoms with Gasteiger partial charge in [0.25, 0.3) is 5.91 Å². The van der Waals surface area contributed by atoms with Crippen LogP contribution < -0.4 is 10.6 Å². The zero-order valence-electron chi connectivity index (χ0n) is 19.0. The number of morpholine rings is 1. The minimum absolute atomic E-state index is 0.00996. The Hall–Kier alpha value is -2.61. The summed E-state index contributed by atoms with van der Waals surface area (Å²) >= 11 is 0. The van der Waals surface area contributed by atoms with E-state index < -0.39 is 0 Å². The lowest BCUT2D eigenvalue weighted by molar-refractivity contribution is -0.133. The van der Waals surface area contributed by atoms with E-state index in [2.05, 4.69) is 10.6 Å². The van der Waals surface area contributed by atoms with Gasteiger partial charge in [0.1, 0.15) is 0 Å². The molecule has 8 nitrogen and oxygen atoms in total. The molecule has 0 bridgehead atoms. The maximum absolute atomic E-state index is 12.8. The van der Waals surface area contributed by atoms with E-state index >= 15 is 0 Å². The molecule has 1 aromatic carbocycles. The monoisotopic (exact) mass is 442 g/mol. The number of carbonyl (C=O) groups is 3. The van der Waals surface area contributed by atoms with Crippen LogP contribution in [0.4, 0.5) is 4.79 Å². The maximum atomic E-state index is 12.8. The van der Waals surface area contributed by atoms with Gasteiger partial charge in [-0.3, -0.25) is 9.59 Å². The van der Waals surface area contributed by atoms with E-state index in [-0.39, 0.29) is 42.0 Å². The van der Waals surface area contributed by atoms with Crippen LogP contribution in [0.2, 0.25) is 0 Å². The number of benzene rings is 1. The number of likely N-dealkylation sites (tertiary alicyclic amines) is 1. The van der Waals surface area contributed by atoms with Crippen molar-refractivity contribution >= 4 is 17.8 Å². The number of nitrogens with zero attached hydrogens (tertiary/aromatic N) is 2.